The summed E-state index contributed by atoms with van der Waals surface area (Å²) in [5.74, 6) is 2.04. The minimum atomic E-state index is 0.0491. The number of aromatic nitrogens is 3. The second kappa shape index (κ2) is 6.32. The van der Waals surface area contributed by atoms with Crippen molar-refractivity contribution in [3.05, 3.63) is 11.6 Å². The van der Waals surface area contributed by atoms with Gasteiger partial charge in [-0.3, -0.25) is 0 Å². The van der Waals surface area contributed by atoms with Crippen LogP contribution in [0.3, 0.4) is 0 Å². The van der Waals surface area contributed by atoms with E-state index in [2.05, 4.69) is 28.6 Å². The zero-order valence-corrected chi connectivity index (χ0v) is 11.7. The molecule has 1 aliphatic carbocycles. The van der Waals surface area contributed by atoms with Crippen molar-refractivity contribution >= 4 is 0 Å². The van der Waals surface area contributed by atoms with Crippen LogP contribution in [0.5, 0.6) is 0 Å². The van der Waals surface area contributed by atoms with E-state index < -0.39 is 0 Å². The van der Waals surface area contributed by atoms with E-state index in [1.165, 1.54) is 38.5 Å². The maximum atomic E-state index is 6.28. The zero-order valence-electron chi connectivity index (χ0n) is 11.7. The van der Waals surface area contributed by atoms with Crippen molar-refractivity contribution in [2.24, 2.45) is 5.73 Å². The predicted molar refractivity (Wildman–Crippen MR) is 73.3 cm³/mol. The molecule has 102 valence electrons. The lowest BCUT2D eigenvalue weighted by atomic mass is 9.94. The molecule has 2 rings (SSSR count). The first-order chi connectivity index (χ1) is 8.74. The molecule has 1 aromatic rings. The van der Waals surface area contributed by atoms with Crippen LogP contribution in [-0.2, 0) is 0 Å². The maximum Gasteiger partial charge on any atom is 0.150 e. The summed E-state index contributed by atoms with van der Waals surface area (Å²) in [6.07, 6.45) is 9.90. The van der Waals surface area contributed by atoms with Gasteiger partial charge in [0.2, 0.25) is 0 Å². The van der Waals surface area contributed by atoms with Gasteiger partial charge in [-0.2, -0.15) is 0 Å². The van der Waals surface area contributed by atoms with E-state index in [4.69, 9.17) is 5.73 Å². The van der Waals surface area contributed by atoms with Crippen molar-refractivity contribution in [1.82, 2.24) is 14.8 Å². The highest BCUT2D eigenvalue weighted by atomic mass is 15.3. The topological polar surface area (TPSA) is 56.7 Å². The minimum Gasteiger partial charge on any atom is -0.321 e. The van der Waals surface area contributed by atoms with Crippen molar-refractivity contribution in [2.75, 3.05) is 0 Å². The van der Waals surface area contributed by atoms with E-state index in [9.17, 15) is 0 Å². The van der Waals surface area contributed by atoms with E-state index in [0.29, 0.717) is 6.04 Å². The number of unbranched alkanes of at least 4 members (excludes halogenated alkanes) is 1. The van der Waals surface area contributed by atoms with Crippen LogP contribution in [0, 0.1) is 6.92 Å². The first kappa shape index (κ1) is 13.5. The zero-order chi connectivity index (χ0) is 13.0. The van der Waals surface area contributed by atoms with Crippen molar-refractivity contribution < 1.29 is 0 Å². The molecule has 0 unspecified atom stereocenters. The predicted octanol–water partition coefficient (Wildman–Crippen LogP) is 3.28. The Morgan fingerprint density at radius 2 is 2.00 bits per heavy atom. The lowest BCUT2D eigenvalue weighted by Crippen LogP contribution is -2.22. The third kappa shape index (κ3) is 2.91. The molecule has 0 aliphatic heterocycles. The number of rotatable bonds is 5. The normalized spacial score (nSPS) is 19.1. The minimum absolute atomic E-state index is 0.0491. The van der Waals surface area contributed by atoms with Gasteiger partial charge < -0.3 is 10.3 Å². The van der Waals surface area contributed by atoms with Gasteiger partial charge in [0, 0.05) is 6.04 Å². The Hall–Kier alpha value is -0.900. The molecule has 1 atom stereocenters. The van der Waals surface area contributed by atoms with Gasteiger partial charge in [0.1, 0.15) is 11.6 Å². The second-order valence-corrected chi connectivity index (χ2v) is 5.52. The average Bonchev–Trinajstić information content (AvgIpc) is 2.79. The van der Waals surface area contributed by atoms with Crippen LogP contribution in [0.15, 0.2) is 0 Å². The van der Waals surface area contributed by atoms with Crippen LogP contribution in [0.25, 0.3) is 0 Å². The van der Waals surface area contributed by atoms with Crippen molar-refractivity contribution in [1.29, 1.82) is 0 Å². The molecule has 1 fully saturated rings. The van der Waals surface area contributed by atoms with Gasteiger partial charge in [-0.05, 0) is 26.2 Å². The van der Waals surface area contributed by atoms with Gasteiger partial charge in [-0.1, -0.05) is 39.0 Å². The largest absolute Gasteiger partial charge is 0.321 e. The molecular weight excluding hydrogens is 224 g/mol. The highest BCUT2D eigenvalue weighted by Crippen LogP contribution is 2.31. The summed E-state index contributed by atoms with van der Waals surface area (Å²) in [5.41, 5.74) is 6.28. The number of nitrogens with two attached hydrogens (primary N) is 1. The number of aryl methyl sites for hydroxylation is 1. The summed E-state index contributed by atoms with van der Waals surface area (Å²) in [6.45, 7) is 4.25. The fourth-order valence-corrected chi connectivity index (χ4v) is 2.98. The summed E-state index contributed by atoms with van der Waals surface area (Å²) in [5, 5.41) is 8.59. The van der Waals surface area contributed by atoms with E-state index >= 15 is 0 Å². The second-order valence-electron chi connectivity index (χ2n) is 5.52. The third-order valence-electron chi connectivity index (χ3n) is 4.03. The molecule has 0 amide bonds. The smallest absolute Gasteiger partial charge is 0.150 e. The Kier molecular flexibility index (Phi) is 4.75. The SMILES string of the molecule is CCCC[C@H](N)c1nnc(C)n1C1CCCCC1. The Labute approximate surface area is 110 Å². The number of hydrogen-bond donors (Lipinski definition) is 1. The van der Waals surface area contributed by atoms with E-state index in [0.717, 1.165) is 24.5 Å². The van der Waals surface area contributed by atoms with Gasteiger partial charge in [-0.15, -0.1) is 10.2 Å². The molecule has 0 bridgehead atoms. The Morgan fingerprint density at radius 3 is 2.67 bits per heavy atom. The molecule has 1 heterocycles. The molecule has 1 saturated carbocycles. The first-order valence-corrected chi connectivity index (χ1v) is 7.41. The highest BCUT2D eigenvalue weighted by molar-refractivity contribution is 5.02. The van der Waals surface area contributed by atoms with Crippen LogP contribution in [0.4, 0.5) is 0 Å². The maximum absolute atomic E-state index is 6.28. The van der Waals surface area contributed by atoms with E-state index in [-0.39, 0.29) is 6.04 Å². The molecule has 1 aromatic heterocycles. The summed E-state index contributed by atoms with van der Waals surface area (Å²) in [7, 11) is 0. The molecule has 0 saturated heterocycles. The van der Waals surface area contributed by atoms with Gasteiger partial charge in [0.05, 0.1) is 6.04 Å². The van der Waals surface area contributed by atoms with Crippen molar-refractivity contribution in [3.63, 3.8) is 0 Å². The van der Waals surface area contributed by atoms with Crippen molar-refractivity contribution in [3.8, 4) is 0 Å². The van der Waals surface area contributed by atoms with Gasteiger partial charge in [0.25, 0.3) is 0 Å². The monoisotopic (exact) mass is 250 g/mol. The molecule has 4 heteroatoms. The molecule has 2 N–H and O–H groups in total. The number of nitrogens with zero attached hydrogens (tertiary/aromatic N) is 3. The average molecular weight is 250 g/mol. The molecule has 18 heavy (non-hydrogen) atoms. The molecule has 4 nitrogen and oxygen atoms in total. The molecule has 0 spiro atoms. The standard InChI is InChI=1S/C14H26N4/c1-3-4-10-13(15)14-17-16-11(2)18(14)12-8-6-5-7-9-12/h12-13H,3-10,15H2,1-2H3/t13-/m0/s1. The summed E-state index contributed by atoms with van der Waals surface area (Å²) in [6, 6.07) is 0.629. The lowest BCUT2D eigenvalue weighted by Gasteiger charge is -2.26. The van der Waals surface area contributed by atoms with Gasteiger partial charge in [-0.25, -0.2) is 0 Å². The number of hydrogen-bond acceptors (Lipinski definition) is 3. The fourth-order valence-electron chi connectivity index (χ4n) is 2.98. The van der Waals surface area contributed by atoms with E-state index in [1.54, 1.807) is 0 Å². The first-order valence-electron chi connectivity index (χ1n) is 7.41. The Morgan fingerprint density at radius 1 is 1.28 bits per heavy atom. The molecular formula is C14H26N4. The quantitative estimate of drug-likeness (QED) is 0.872. The lowest BCUT2D eigenvalue weighted by molar-refractivity contribution is 0.333. The van der Waals surface area contributed by atoms with Gasteiger partial charge in [0.15, 0.2) is 0 Å². The van der Waals surface area contributed by atoms with Crippen LogP contribution in [-0.4, -0.2) is 14.8 Å². The fraction of sp³-hybridized carbons (Fsp3) is 0.857. The summed E-state index contributed by atoms with van der Waals surface area (Å²) >= 11 is 0. The van der Waals surface area contributed by atoms with Crippen LogP contribution in [0.2, 0.25) is 0 Å². The Bertz CT molecular complexity index is 366. The Balaban J connectivity index is 2.15. The van der Waals surface area contributed by atoms with Gasteiger partial charge >= 0.3 is 0 Å². The molecule has 0 aromatic carbocycles. The van der Waals surface area contributed by atoms with Crippen molar-refractivity contribution in [2.45, 2.75) is 77.3 Å². The highest BCUT2D eigenvalue weighted by Gasteiger charge is 2.23. The van der Waals surface area contributed by atoms with Crippen LogP contribution in [0.1, 0.15) is 82.0 Å². The third-order valence-corrected chi connectivity index (χ3v) is 4.03. The van der Waals surface area contributed by atoms with Crippen LogP contribution < -0.4 is 5.73 Å². The van der Waals surface area contributed by atoms with Crippen LogP contribution >= 0.6 is 0 Å². The molecule has 1 aliphatic rings. The molecule has 0 radical (unpaired) electrons. The summed E-state index contributed by atoms with van der Waals surface area (Å²) in [4.78, 5) is 0. The summed E-state index contributed by atoms with van der Waals surface area (Å²) < 4.78 is 2.32. The van der Waals surface area contributed by atoms with E-state index in [1.807, 2.05) is 0 Å².